The van der Waals surface area contributed by atoms with Crippen molar-refractivity contribution in [3.05, 3.63) is 59.4 Å². The number of aromatic nitrogens is 6. The third-order valence-electron chi connectivity index (χ3n) is 4.95. The number of anilines is 3. The van der Waals surface area contributed by atoms with Gasteiger partial charge in [0.1, 0.15) is 0 Å². The molecular formula is C20H21N9O2. The number of fused-ring (bicyclic) bond motifs is 1. The standard InChI is InChI=1S/C20H21N9O2/c21-18-25-19(22-9-8-13-4-6-14(7-5-13)23-15-11-31-12-15)26-20-24-17(27-29(18)20)16-3-1-2-10-28(16)30/h1-7,10,15,23H,8-9,11-12H2,(H3,21,22,24,25,26,27). The Bertz CT molecular complexity index is 1210. The van der Waals surface area contributed by atoms with Crippen molar-refractivity contribution in [3.63, 3.8) is 0 Å². The number of nitrogens with one attached hydrogen (secondary N) is 2. The number of benzene rings is 1. The number of nitrogens with zero attached hydrogens (tertiary/aromatic N) is 6. The minimum absolute atomic E-state index is 0.134. The van der Waals surface area contributed by atoms with Crippen LogP contribution < -0.4 is 21.1 Å². The molecule has 0 atom stereocenters. The summed E-state index contributed by atoms with van der Waals surface area (Å²) in [6.45, 7) is 2.14. The van der Waals surface area contributed by atoms with Crippen LogP contribution in [0.3, 0.4) is 0 Å². The van der Waals surface area contributed by atoms with Gasteiger partial charge in [0, 0.05) is 24.4 Å². The maximum absolute atomic E-state index is 12.0. The minimum atomic E-state index is 0.134. The van der Waals surface area contributed by atoms with Gasteiger partial charge in [0.05, 0.1) is 19.3 Å². The van der Waals surface area contributed by atoms with Crippen LogP contribution in [0.4, 0.5) is 17.6 Å². The van der Waals surface area contributed by atoms with Crippen LogP contribution in [-0.2, 0) is 11.2 Å². The van der Waals surface area contributed by atoms with Crippen molar-refractivity contribution in [2.45, 2.75) is 12.5 Å². The topological polar surface area (TPSA) is 142 Å². The Labute approximate surface area is 177 Å². The van der Waals surface area contributed by atoms with E-state index in [1.165, 1.54) is 16.3 Å². The monoisotopic (exact) mass is 419 g/mol. The van der Waals surface area contributed by atoms with Crippen LogP contribution >= 0.6 is 0 Å². The van der Waals surface area contributed by atoms with Crippen molar-refractivity contribution < 1.29 is 9.47 Å². The number of nitrogen functional groups attached to an aromatic ring is 1. The van der Waals surface area contributed by atoms with Gasteiger partial charge in [0.15, 0.2) is 6.20 Å². The van der Waals surface area contributed by atoms with Crippen molar-refractivity contribution >= 4 is 23.4 Å². The number of rotatable bonds is 7. The van der Waals surface area contributed by atoms with Gasteiger partial charge in [-0.25, -0.2) is 0 Å². The zero-order valence-electron chi connectivity index (χ0n) is 16.6. The molecule has 1 aromatic carbocycles. The molecule has 1 aliphatic rings. The van der Waals surface area contributed by atoms with Crippen molar-refractivity contribution in [1.82, 2.24) is 24.6 Å². The van der Waals surface area contributed by atoms with Gasteiger partial charge in [0.2, 0.25) is 17.7 Å². The van der Waals surface area contributed by atoms with E-state index < -0.39 is 0 Å². The van der Waals surface area contributed by atoms with Gasteiger partial charge in [-0.3, -0.25) is 0 Å². The molecule has 11 heteroatoms. The Morgan fingerprint density at radius 3 is 2.71 bits per heavy atom. The molecule has 0 aliphatic carbocycles. The maximum Gasteiger partial charge on any atom is 0.263 e. The molecule has 0 amide bonds. The lowest BCUT2D eigenvalue weighted by Crippen LogP contribution is -2.40. The highest BCUT2D eigenvalue weighted by molar-refractivity contribution is 5.52. The Kier molecular flexibility index (Phi) is 4.92. The highest BCUT2D eigenvalue weighted by Gasteiger charge is 2.18. The van der Waals surface area contributed by atoms with Crippen LogP contribution in [0, 0.1) is 5.21 Å². The summed E-state index contributed by atoms with van der Waals surface area (Å²) < 4.78 is 7.18. The Morgan fingerprint density at radius 1 is 1.13 bits per heavy atom. The van der Waals surface area contributed by atoms with E-state index in [1.54, 1.807) is 18.2 Å². The van der Waals surface area contributed by atoms with Crippen molar-refractivity contribution in [3.8, 4) is 11.5 Å². The molecule has 1 saturated heterocycles. The summed E-state index contributed by atoms with van der Waals surface area (Å²) in [6, 6.07) is 13.7. The third kappa shape index (κ3) is 4.03. The molecule has 1 aliphatic heterocycles. The van der Waals surface area contributed by atoms with E-state index in [2.05, 4.69) is 54.9 Å². The smallest absolute Gasteiger partial charge is 0.263 e. The van der Waals surface area contributed by atoms with E-state index in [4.69, 9.17) is 10.5 Å². The van der Waals surface area contributed by atoms with Gasteiger partial charge in [0.25, 0.3) is 11.5 Å². The van der Waals surface area contributed by atoms with Gasteiger partial charge >= 0.3 is 0 Å². The molecule has 0 spiro atoms. The summed E-state index contributed by atoms with van der Waals surface area (Å²) in [5.41, 5.74) is 8.60. The van der Waals surface area contributed by atoms with Crippen molar-refractivity contribution in [2.24, 2.45) is 0 Å². The summed E-state index contributed by atoms with van der Waals surface area (Å²) in [6.07, 6.45) is 2.17. The number of hydrogen-bond donors (Lipinski definition) is 3. The number of ether oxygens (including phenoxy) is 1. The van der Waals surface area contributed by atoms with Crippen LogP contribution in [0.1, 0.15) is 5.56 Å². The number of pyridine rings is 1. The second-order valence-corrected chi connectivity index (χ2v) is 7.22. The zero-order valence-corrected chi connectivity index (χ0v) is 16.6. The fourth-order valence-electron chi connectivity index (χ4n) is 3.24. The Hall–Kier alpha value is -3.99. The molecule has 5 rings (SSSR count). The predicted molar refractivity (Wildman–Crippen MR) is 114 cm³/mol. The summed E-state index contributed by atoms with van der Waals surface area (Å²) in [5.74, 6) is 0.991. The van der Waals surface area contributed by atoms with Crippen LogP contribution in [-0.4, -0.2) is 50.4 Å². The normalized spacial score (nSPS) is 13.8. The molecule has 3 aromatic heterocycles. The Morgan fingerprint density at radius 2 is 1.97 bits per heavy atom. The SMILES string of the molecule is Nc1nc(NCCc2ccc(NC3COC3)cc2)nc2nc(-c3cccc[n+]3[O-])nn12. The van der Waals surface area contributed by atoms with Crippen LogP contribution in [0.25, 0.3) is 17.3 Å². The van der Waals surface area contributed by atoms with E-state index in [9.17, 15) is 5.21 Å². The van der Waals surface area contributed by atoms with Crippen LogP contribution in [0.2, 0.25) is 0 Å². The molecule has 4 N–H and O–H groups in total. The summed E-state index contributed by atoms with van der Waals surface area (Å²) in [7, 11) is 0. The molecule has 158 valence electrons. The lowest BCUT2D eigenvalue weighted by Gasteiger charge is -2.27. The van der Waals surface area contributed by atoms with Crippen molar-refractivity contribution in [2.75, 3.05) is 36.1 Å². The van der Waals surface area contributed by atoms with E-state index in [0.29, 0.717) is 29.0 Å². The molecular weight excluding hydrogens is 398 g/mol. The molecule has 0 radical (unpaired) electrons. The van der Waals surface area contributed by atoms with E-state index in [1.807, 2.05) is 0 Å². The zero-order chi connectivity index (χ0) is 21.2. The van der Waals surface area contributed by atoms with Gasteiger partial charge in [-0.05, 0) is 30.2 Å². The first-order chi connectivity index (χ1) is 15.2. The number of hydrogen-bond acceptors (Lipinski definition) is 9. The summed E-state index contributed by atoms with van der Waals surface area (Å²) in [5, 5.41) is 22.8. The van der Waals surface area contributed by atoms with E-state index in [0.717, 1.165) is 25.3 Å². The fourth-order valence-corrected chi connectivity index (χ4v) is 3.24. The van der Waals surface area contributed by atoms with E-state index >= 15 is 0 Å². The third-order valence-corrected chi connectivity index (χ3v) is 4.95. The molecule has 11 nitrogen and oxygen atoms in total. The van der Waals surface area contributed by atoms with Crippen LogP contribution in [0.5, 0.6) is 0 Å². The molecule has 31 heavy (non-hydrogen) atoms. The van der Waals surface area contributed by atoms with Crippen molar-refractivity contribution in [1.29, 1.82) is 0 Å². The first kappa shape index (κ1) is 19.0. The molecule has 4 heterocycles. The minimum Gasteiger partial charge on any atom is -0.618 e. The molecule has 0 bridgehead atoms. The van der Waals surface area contributed by atoms with Gasteiger partial charge < -0.3 is 26.3 Å². The summed E-state index contributed by atoms with van der Waals surface area (Å²) in [4.78, 5) is 12.9. The maximum atomic E-state index is 12.0. The predicted octanol–water partition coefficient (Wildman–Crippen LogP) is 0.867. The lowest BCUT2D eigenvalue weighted by molar-refractivity contribution is -0.594. The first-order valence-electron chi connectivity index (χ1n) is 9.92. The summed E-state index contributed by atoms with van der Waals surface area (Å²) >= 11 is 0. The van der Waals surface area contributed by atoms with Gasteiger partial charge in [-0.15, -0.1) is 5.10 Å². The second-order valence-electron chi connectivity index (χ2n) is 7.22. The lowest BCUT2D eigenvalue weighted by atomic mass is 10.1. The average Bonchev–Trinajstić information content (AvgIpc) is 3.17. The fraction of sp³-hybridized carbons (Fsp3) is 0.250. The highest BCUT2D eigenvalue weighted by atomic mass is 16.5. The molecule has 0 saturated carbocycles. The molecule has 0 unspecified atom stereocenters. The molecule has 1 fully saturated rings. The number of nitrogens with two attached hydrogens (primary N) is 1. The largest absolute Gasteiger partial charge is 0.618 e. The van der Waals surface area contributed by atoms with Gasteiger partial charge in [-0.1, -0.05) is 12.1 Å². The average molecular weight is 419 g/mol. The van der Waals surface area contributed by atoms with Gasteiger partial charge in [-0.2, -0.15) is 24.2 Å². The van der Waals surface area contributed by atoms with E-state index in [-0.39, 0.29) is 17.6 Å². The highest BCUT2D eigenvalue weighted by Crippen LogP contribution is 2.16. The second kappa shape index (κ2) is 8.03. The van der Waals surface area contributed by atoms with Crippen LogP contribution in [0.15, 0.2) is 48.7 Å². The Balaban J connectivity index is 1.24. The first-order valence-corrected chi connectivity index (χ1v) is 9.92. The quantitative estimate of drug-likeness (QED) is 0.294. The molecule has 4 aromatic rings.